The SMILES string of the molecule is CCOc1cc(C=NNC(=O)C(=O)Nc2ccc(Cl)c(Cl)c2)cc(Br)c1OCc1c(Cl)cccc1Cl. The average molecular weight is 634 g/mol. The number of rotatable bonds is 8. The Labute approximate surface area is 235 Å². The highest BCUT2D eigenvalue weighted by molar-refractivity contribution is 9.10. The van der Waals surface area contributed by atoms with Crippen LogP contribution in [0.25, 0.3) is 0 Å². The fraction of sp³-hybridized carbons (Fsp3) is 0.125. The van der Waals surface area contributed by atoms with Crippen molar-refractivity contribution in [2.24, 2.45) is 5.10 Å². The zero-order valence-electron chi connectivity index (χ0n) is 18.6. The highest BCUT2D eigenvalue weighted by atomic mass is 79.9. The average Bonchev–Trinajstić information content (AvgIpc) is 2.82. The first kappa shape index (κ1) is 28.1. The largest absolute Gasteiger partial charge is 0.490 e. The van der Waals surface area contributed by atoms with Gasteiger partial charge in [-0.2, -0.15) is 5.10 Å². The molecule has 0 heterocycles. The van der Waals surface area contributed by atoms with Crippen LogP contribution in [0.2, 0.25) is 20.1 Å². The van der Waals surface area contributed by atoms with Gasteiger partial charge in [0.15, 0.2) is 11.5 Å². The zero-order chi connectivity index (χ0) is 26.2. The van der Waals surface area contributed by atoms with Gasteiger partial charge in [0.1, 0.15) is 6.61 Å². The van der Waals surface area contributed by atoms with Gasteiger partial charge in [-0.1, -0.05) is 52.5 Å². The maximum atomic E-state index is 12.1. The van der Waals surface area contributed by atoms with Crippen molar-refractivity contribution in [3.8, 4) is 11.5 Å². The van der Waals surface area contributed by atoms with Crippen LogP contribution in [0.15, 0.2) is 58.1 Å². The predicted octanol–water partition coefficient (Wildman–Crippen LogP) is 7.13. The third kappa shape index (κ3) is 7.51. The molecule has 36 heavy (non-hydrogen) atoms. The zero-order valence-corrected chi connectivity index (χ0v) is 23.2. The lowest BCUT2D eigenvalue weighted by atomic mass is 10.2. The molecule has 3 aromatic rings. The molecule has 0 bridgehead atoms. The summed E-state index contributed by atoms with van der Waals surface area (Å²) in [5.41, 5.74) is 3.69. The molecule has 0 saturated heterocycles. The summed E-state index contributed by atoms with van der Waals surface area (Å²) in [4.78, 5) is 24.2. The van der Waals surface area contributed by atoms with Crippen LogP contribution in [0.1, 0.15) is 18.1 Å². The Morgan fingerprint density at radius 1 is 0.944 bits per heavy atom. The van der Waals surface area contributed by atoms with Crippen LogP contribution in [-0.2, 0) is 16.2 Å². The van der Waals surface area contributed by atoms with E-state index < -0.39 is 11.8 Å². The number of nitrogens with zero attached hydrogens (tertiary/aromatic N) is 1. The Kier molecular flexibility index (Phi) is 10.3. The maximum absolute atomic E-state index is 12.1. The first-order valence-corrected chi connectivity index (χ1v) is 12.6. The van der Waals surface area contributed by atoms with E-state index in [2.05, 4.69) is 31.8 Å². The van der Waals surface area contributed by atoms with Gasteiger partial charge in [-0.3, -0.25) is 9.59 Å². The van der Waals surface area contributed by atoms with Gasteiger partial charge < -0.3 is 14.8 Å². The number of nitrogens with one attached hydrogen (secondary N) is 2. The van der Waals surface area contributed by atoms with E-state index in [1.807, 2.05) is 6.92 Å². The fourth-order valence-electron chi connectivity index (χ4n) is 2.86. The number of hydrogen-bond acceptors (Lipinski definition) is 5. The van der Waals surface area contributed by atoms with Crippen LogP contribution >= 0.6 is 62.3 Å². The molecule has 0 aliphatic rings. The van der Waals surface area contributed by atoms with Gasteiger partial charge in [0, 0.05) is 21.3 Å². The van der Waals surface area contributed by atoms with Gasteiger partial charge in [-0.25, -0.2) is 5.43 Å². The molecule has 0 fully saturated rings. The van der Waals surface area contributed by atoms with Gasteiger partial charge in [-0.05, 0) is 70.9 Å². The molecule has 3 rings (SSSR count). The summed E-state index contributed by atoms with van der Waals surface area (Å²) in [6.45, 7) is 2.33. The number of halogens is 5. The highest BCUT2D eigenvalue weighted by Gasteiger charge is 2.16. The van der Waals surface area contributed by atoms with Crippen molar-refractivity contribution < 1.29 is 19.1 Å². The number of carbonyl (C=O) groups excluding carboxylic acids is 2. The lowest BCUT2D eigenvalue weighted by Gasteiger charge is -2.15. The molecule has 188 valence electrons. The van der Waals surface area contributed by atoms with Crippen LogP contribution < -0.4 is 20.2 Å². The second-order valence-electron chi connectivity index (χ2n) is 7.03. The van der Waals surface area contributed by atoms with E-state index in [0.29, 0.717) is 54.5 Å². The summed E-state index contributed by atoms with van der Waals surface area (Å²) >= 11 is 27.7. The van der Waals surface area contributed by atoms with E-state index in [1.165, 1.54) is 24.4 Å². The number of ether oxygens (including phenoxy) is 2. The monoisotopic (exact) mass is 631 g/mol. The second kappa shape index (κ2) is 13.2. The summed E-state index contributed by atoms with van der Waals surface area (Å²) in [5.74, 6) is -1.03. The third-order valence-electron chi connectivity index (χ3n) is 4.52. The molecule has 0 spiro atoms. The number of carbonyl (C=O) groups is 2. The van der Waals surface area contributed by atoms with Crippen molar-refractivity contribution in [2.75, 3.05) is 11.9 Å². The second-order valence-corrected chi connectivity index (χ2v) is 9.52. The van der Waals surface area contributed by atoms with Crippen LogP contribution in [-0.4, -0.2) is 24.6 Å². The molecule has 0 aliphatic heterocycles. The van der Waals surface area contributed by atoms with E-state index in [0.717, 1.165) is 0 Å². The first-order valence-electron chi connectivity index (χ1n) is 10.3. The molecule has 0 atom stereocenters. The van der Waals surface area contributed by atoms with Crippen LogP contribution in [0.3, 0.4) is 0 Å². The van der Waals surface area contributed by atoms with Gasteiger partial charge in [0.25, 0.3) is 0 Å². The minimum absolute atomic E-state index is 0.120. The lowest BCUT2D eigenvalue weighted by Crippen LogP contribution is -2.32. The minimum atomic E-state index is -0.974. The molecule has 0 saturated carbocycles. The van der Waals surface area contributed by atoms with Crippen LogP contribution in [0.4, 0.5) is 5.69 Å². The molecular formula is C24H18BrCl4N3O4. The molecule has 0 aromatic heterocycles. The maximum Gasteiger partial charge on any atom is 0.329 e. The van der Waals surface area contributed by atoms with Crippen molar-refractivity contribution in [2.45, 2.75) is 13.5 Å². The van der Waals surface area contributed by atoms with Crippen molar-refractivity contribution in [3.05, 3.63) is 84.2 Å². The minimum Gasteiger partial charge on any atom is -0.490 e. The molecule has 0 aliphatic carbocycles. The van der Waals surface area contributed by atoms with E-state index in [9.17, 15) is 9.59 Å². The number of hydrogen-bond donors (Lipinski definition) is 2. The quantitative estimate of drug-likeness (QED) is 0.157. The van der Waals surface area contributed by atoms with Crippen molar-refractivity contribution in [3.63, 3.8) is 0 Å². The van der Waals surface area contributed by atoms with E-state index in [4.69, 9.17) is 55.9 Å². The Morgan fingerprint density at radius 2 is 1.67 bits per heavy atom. The van der Waals surface area contributed by atoms with E-state index in [1.54, 1.807) is 30.3 Å². The topological polar surface area (TPSA) is 89.0 Å². The fourth-order valence-corrected chi connectivity index (χ4v) is 4.24. The molecule has 0 radical (unpaired) electrons. The molecule has 12 heteroatoms. The Morgan fingerprint density at radius 3 is 2.33 bits per heavy atom. The Balaban J connectivity index is 1.68. The summed E-state index contributed by atoms with van der Waals surface area (Å²) in [6.07, 6.45) is 1.35. The first-order chi connectivity index (χ1) is 17.2. The summed E-state index contributed by atoms with van der Waals surface area (Å²) < 4.78 is 12.2. The van der Waals surface area contributed by atoms with Crippen molar-refractivity contribution in [1.82, 2.24) is 5.43 Å². The van der Waals surface area contributed by atoms with Crippen molar-refractivity contribution in [1.29, 1.82) is 0 Å². The summed E-state index contributed by atoms with van der Waals surface area (Å²) in [6, 6.07) is 13.0. The summed E-state index contributed by atoms with van der Waals surface area (Å²) in [5, 5.41) is 7.78. The Hall–Kier alpha value is -2.49. The highest BCUT2D eigenvalue weighted by Crippen LogP contribution is 2.38. The number of anilines is 1. The molecule has 0 unspecified atom stereocenters. The van der Waals surface area contributed by atoms with Crippen LogP contribution in [0.5, 0.6) is 11.5 Å². The smallest absolute Gasteiger partial charge is 0.329 e. The van der Waals surface area contributed by atoms with Gasteiger partial charge in [-0.15, -0.1) is 0 Å². The molecule has 2 amide bonds. The number of amides is 2. The lowest BCUT2D eigenvalue weighted by molar-refractivity contribution is -0.136. The standard InChI is InChI=1S/C24H18BrCl4N3O4/c1-2-35-21-9-13(8-16(25)22(21)36-12-15-17(26)4-3-5-18(15)27)11-30-32-24(34)23(33)31-14-6-7-19(28)20(29)10-14/h3-11H,2,12H2,1H3,(H,31,33)(H,32,34). The van der Waals surface area contributed by atoms with Gasteiger partial charge in [0.05, 0.1) is 27.3 Å². The molecule has 3 aromatic carbocycles. The van der Waals surface area contributed by atoms with Crippen LogP contribution in [0, 0.1) is 0 Å². The number of benzene rings is 3. The third-order valence-corrected chi connectivity index (χ3v) is 6.55. The normalized spacial score (nSPS) is 10.8. The van der Waals surface area contributed by atoms with Gasteiger partial charge in [0.2, 0.25) is 0 Å². The van der Waals surface area contributed by atoms with E-state index in [-0.39, 0.29) is 11.6 Å². The van der Waals surface area contributed by atoms with Gasteiger partial charge >= 0.3 is 11.8 Å². The van der Waals surface area contributed by atoms with Crippen molar-refractivity contribution >= 4 is 86.1 Å². The Bertz CT molecular complexity index is 1300. The van der Waals surface area contributed by atoms with E-state index >= 15 is 0 Å². The summed E-state index contributed by atoms with van der Waals surface area (Å²) in [7, 11) is 0. The molecule has 2 N–H and O–H groups in total. The molecular weight excluding hydrogens is 616 g/mol. The number of hydrazone groups is 1. The molecule has 7 nitrogen and oxygen atoms in total. The predicted molar refractivity (Wildman–Crippen MR) is 147 cm³/mol.